The number of rotatable bonds is 5. The van der Waals surface area contributed by atoms with Gasteiger partial charge in [-0.1, -0.05) is 0 Å². The number of nitrogens with zero attached hydrogens (tertiary/aromatic N) is 5. The number of carbonyl (C=O) groups is 2. The van der Waals surface area contributed by atoms with Crippen LogP contribution in [0.5, 0.6) is 5.75 Å². The predicted molar refractivity (Wildman–Crippen MR) is 128 cm³/mol. The van der Waals surface area contributed by atoms with Gasteiger partial charge in [-0.15, -0.1) is 0 Å². The Balaban J connectivity index is 1.35. The summed E-state index contributed by atoms with van der Waals surface area (Å²) in [6.45, 7) is 3.52. The number of nitrogens with one attached hydrogen (secondary N) is 1. The Bertz CT molecular complexity index is 1150. The van der Waals surface area contributed by atoms with Gasteiger partial charge in [-0.25, -0.2) is 9.78 Å². The molecule has 2 heterocycles. The van der Waals surface area contributed by atoms with E-state index in [9.17, 15) is 9.59 Å². The molecule has 0 radical (unpaired) electrons. The van der Waals surface area contributed by atoms with Crippen LogP contribution in [0.4, 0.5) is 10.5 Å². The molecule has 1 aliphatic rings. The molecule has 1 saturated heterocycles. The second-order valence-electron chi connectivity index (χ2n) is 8.41. The number of aromatic nitrogens is 2. The number of hydrogen-bond acceptors (Lipinski definition) is 5. The molecule has 1 aliphatic heterocycles. The zero-order valence-corrected chi connectivity index (χ0v) is 19.5. The molecule has 0 bridgehead atoms. The third kappa shape index (κ3) is 4.93. The van der Waals surface area contributed by atoms with E-state index in [1.807, 2.05) is 54.4 Å². The van der Waals surface area contributed by atoms with Gasteiger partial charge < -0.3 is 24.4 Å². The summed E-state index contributed by atoms with van der Waals surface area (Å²) in [5.41, 5.74) is 3.19. The van der Waals surface area contributed by atoms with E-state index in [-0.39, 0.29) is 11.9 Å². The number of fused-ring (bicyclic) bond motifs is 1. The SMILES string of the molecule is COc1ccc(NC(=O)N2CCN(Cc3nc4cc(C(=O)N(C)C)ccc4n3C)CC2)cc1. The molecular formula is C24H30N6O3. The summed E-state index contributed by atoms with van der Waals surface area (Å²) in [4.78, 5) is 35.3. The van der Waals surface area contributed by atoms with Gasteiger partial charge in [0.15, 0.2) is 0 Å². The number of benzene rings is 2. The van der Waals surface area contributed by atoms with E-state index in [0.29, 0.717) is 25.2 Å². The van der Waals surface area contributed by atoms with Crippen molar-refractivity contribution in [2.24, 2.45) is 7.05 Å². The van der Waals surface area contributed by atoms with Gasteiger partial charge in [-0.2, -0.15) is 0 Å². The number of piperazine rings is 1. The number of carbonyl (C=O) groups excluding carboxylic acids is 2. The normalized spacial score (nSPS) is 14.4. The molecule has 1 fully saturated rings. The minimum Gasteiger partial charge on any atom is -0.497 e. The lowest BCUT2D eigenvalue weighted by atomic mass is 10.2. The van der Waals surface area contributed by atoms with Gasteiger partial charge in [0.05, 0.1) is 24.7 Å². The number of imidazole rings is 1. The van der Waals surface area contributed by atoms with E-state index in [0.717, 1.165) is 41.4 Å². The zero-order valence-electron chi connectivity index (χ0n) is 19.5. The monoisotopic (exact) mass is 450 g/mol. The number of urea groups is 1. The number of ether oxygens (including phenoxy) is 1. The van der Waals surface area contributed by atoms with Crippen molar-refractivity contribution in [3.8, 4) is 5.75 Å². The molecule has 0 unspecified atom stereocenters. The van der Waals surface area contributed by atoms with E-state index in [2.05, 4.69) is 14.8 Å². The van der Waals surface area contributed by atoms with Gasteiger partial charge in [0.25, 0.3) is 5.91 Å². The summed E-state index contributed by atoms with van der Waals surface area (Å²) in [6, 6.07) is 12.9. The maximum Gasteiger partial charge on any atom is 0.321 e. The van der Waals surface area contributed by atoms with Gasteiger partial charge in [0, 0.05) is 58.6 Å². The number of aryl methyl sites for hydroxylation is 1. The second-order valence-corrected chi connectivity index (χ2v) is 8.41. The summed E-state index contributed by atoms with van der Waals surface area (Å²) in [5, 5.41) is 2.94. The van der Waals surface area contributed by atoms with Crippen LogP contribution in [0, 0.1) is 0 Å². The highest BCUT2D eigenvalue weighted by Gasteiger charge is 2.23. The van der Waals surface area contributed by atoms with Crippen LogP contribution in [0.1, 0.15) is 16.2 Å². The molecule has 0 spiro atoms. The van der Waals surface area contributed by atoms with Crippen molar-refractivity contribution in [3.63, 3.8) is 0 Å². The topological polar surface area (TPSA) is 82.9 Å². The molecule has 1 N–H and O–H groups in total. The minimum absolute atomic E-state index is 0.0341. The van der Waals surface area contributed by atoms with Crippen molar-refractivity contribution in [2.45, 2.75) is 6.54 Å². The van der Waals surface area contributed by atoms with Crippen LogP contribution in [0.3, 0.4) is 0 Å². The van der Waals surface area contributed by atoms with Gasteiger partial charge in [-0.3, -0.25) is 9.69 Å². The molecule has 0 aliphatic carbocycles. The van der Waals surface area contributed by atoms with E-state index >= 15 is 0 Å². The summed E-state index contributed by atoms with van der Waals surface area (Å²) < 4.78 is 7.22. The Morgan fingerprint density at radius 3 is 2.39 bits per heavy atom. The van der Waals surface area contributed by atoms with Gasteiger partial charge in [0.2, 0.25) is 0 Å². The Morgan fingerprint density at radius 2 is 1.76 bits per heavy atom. The van der Waals surface area contributed by atoms with Crippen molar-refractivity contribution in [2.75, 3.05) is 52.7 Å². The third-order valence-electron chi connectivity index (χ3n) is 5.99. The third-order valence-corrected chi connectivity index (χ3v) is 5.99. The Morgan fingerprint density at radius 1 is 1.06 bits per heavy atom. The van der Waals surface area contributed by atoms with Crippen LogP contribution in [0.2, 0.25) is 0 Å². The lowest BCUT2D eigenvalue weighted by molar-refractivity contribution is 0.0827. The molecule has 1 aromatic heterocycles. The molecule has 0 saturated carbocycles. The predicted octanol–water partition coefficient (Wildman–Crippen LogP) is 2.63. The Hall–Kier alpha value is -3.59. The maximum atomic E-state index is 12.6. The zero-order chi connectivity index (χ0) is 23.5. The number of hydrogen-bond donors (Lipinski definition) is 1. The molecular weight excluding hydrogens is 420 g/mol. The molecule has 2 aromatic carbocycles. The average Bonchev–Trinajstić information content (AvgIpc) is 3.13. The Kier molecular flexibility index (Phi) is 6.50. The maximum absolute atomic E-state index is 12.6. The standard InChI is InChI=1S/C24H30N6O3/c1-27(2)23(31)17-5-10-21-20(15-17)26-22(28(21)3)16-29-11-13-30(14-12-29)24(32)25-18-6-8-19(33-4)9-7-18/h5-10,15H,11-14,16H2,1-4H3,(H,25,32). The van der Waals surface area contributed by atoms with Crippen molar-refractivity contribution < 1.29 is 14.3 Å². The highest BCUT2D eigenvalue weighted by molar-refractivity contribution is 5.97. The summed E-state index contributed by atoms with van der Waals surface area (Å²) in [7, 11) is 7.10. The number of amides is 3. The second kappa shape index (κ2) is 9.50. The quantitative estimate of drug-likeness (QED) is 0.646. The van der Waals surface area contributed by atoms with E-state index in [4.69, 9.17) is 9.72 Å². The van der Waals surface area contributed by atoms with Crippen LogP contribution in [0.15, 0.2) is 42.5 Å². The molecule has 3 aromatic rings. The number of methoxy groups -OCH3 is 1. The minimum atomic E-state index is -0.0966. The van der Waals surface area contributed by atoms with E-state index in [1.165, 1.54) is 0 Å². The van der Waals surface area contributed by atoms with Crippen molar-refractivity contribution >= 4 is 28.7 Å². The molecule has 33 heavy (non-hydrogen) atoms. The molecule has 174 valence electrons. The highest BCUT2D eigenvalue weighted by Crippen LogP contribution is 2.20. The average molecular weight is 451 g/mol. The fraction of sp³-hybridized carbons (Fsp3) is 0.375. The fourth-order valence-electron chi connectivity index (χ4n) is 3.97. The van der Waals surface area contributed by atoms with Crippen molar-refractivity contribution in [1.82, 2.24) is 24.3 Å². The first kappa shape index (κ1) is 22.6. The van der Waals surface area contributed by atoms with E-state index in [1.54, 1.807) is 26.1 Å². The van der Waals surface area contributed by atoms with Crippen molar-refractivity contribution in [3.05, 3.63) is 53.9 Å². The fourth-order valence-corrected chi connectivity index (χ4v) is 3.97. The number of anilines is 1. The lowest BCUT2D eigenvalue weighted by Crippen LogP contribution is -2.49. The van der Waals surface area contributed by atoms with Crippen LogP contribution < -0.4 is 10.1 Å². The highest BCUT2D eigenvalue weighted by atomic mass is 16.5. The van der Waals surface area contributed by atoms with Gasteiger partial charge in [-0.05, 0) is 42.5 Å². The first-order valence-electron chi connectivity index (χ1n) is 10.9. The smallest absolute Gasteiger partial charge is 0.321 e. The summed E-state index contributed by atoms with van der Waals surface area (Å²) in [6.07, 6.45) is 0. The molecule has 9 heteroatoms. The first-order chi connectivity index (χ1) is 15.9. The first-order valence-corrected chi connectivity index (χ1v) is 10.9. The van der Waals surface area contributed by atoms with Crippen LogP contribution in [-0.4, -0.2) is 83.6 Å². The van der Waals surface area contributed by atoms with Crippen LogP contribution in [-0.2, 0) is 13.6 Å². The van der Waals surface area contributed by atoms with Crippen molar-refractivity contribution in [1.29, 1.82) is 0 Å². The largest absolute Gasteiger partial charge is 0.497 e. The molecule has 9 nitrogen and oxygen atoms in total. The lowest BCUT2D eigenvalue weighted by Gasteiger charge is -2.34. The van der Waals surface area contributed by atoms with Gasteiger partial charge in [0.1, 0.15) is 11.6 Å². The summed E-state index contributed by atoms with van der Waals surface area (Å²) >= 11 is 0. The summed E-state index contributed by atoms with van der Waals surface area (Å²) in [5.74, 6) is 1.66. The van der Waals surface area contributed by atoms with Gasteiger partial charge >= 0.3 is 6.03 Å². The molecule has 3 amide bonds. The molecule has 4 rings (SSSR count). The van der Waals surface area contributed by atoms with Crippen LogP contribution in [0.25, 0.3) is 11.0 Å². The van der Waals surface area contributed by atoms with Crippen LogP contribution >= 0.6 is 0 Å². The Labute approximate surface area is 193 Å². The molecule has 0 atom stereocenters. The van der Waals surface area contributed by atoms with E-state index < -0.39 is 0 Å².